The van der Waals surface area contributed by atoms with E-state index in [1.54, 1.807) is 6.20 Å². The number of carbonyl (C=O) groups excluding carboxylic acids is 2. The van der Waals surface area contributed by atoms with Crippen molar-refractivity contribution in [1.82, 2.24) is 14.9 Å². The Labute approximate surface area is 124 Å². The Kier molecular flexibility index (Phi) is 4.27. The van der Waals surface area contributed by atoms with Crippen LogP contribution in [0.2, 0.25) is 0 Å². The molecule has 1 saturated heterocycles. The van der Waals surface area contributed by atoms with Crippen LogP contribution in [0, 0.1) is 5.92 Å². The molecule has 0 bridgehead atoms. The number of Topliss-reactive ketones (excluding diaryl/α,β-unsaturated/α-hetero) is 1. The molecular formula is C16H21N3O2. The van der Waals surface area contributed by atoms with Gasteiger partial charge in [-0.1, -0.05) is 6.42 Å². The van der Waals surface area contributed by atoms with Gasteiger partial charge < -0.3 is 4.90 Å². The van der Waals surface area contributed by atoms with Gasteiger partial charge in [-0.15, -0.1) is 0 Å². The minimum atomic E-state index is -0.0776. The average Bonchev–Trinajstić information content (AvgIpc) is 2.55. The van der Waals surface area contributed by atoms with E-state index in [9.17, 15) is 9.59 Å². The van der Waals surface area contributed by atoms with Gasteiger partial charge in [0.05, 0.1) is 6.20 Å². The van der Waals surface area contributed by atoms with Gasteiger partial charge >= 0.3 is 0 Å². The minimum Gasteiger partial charge on any atom is -0.334 e. The van der Waals surface area contributed by atoms with Crippen molar-refractivity contribution >= 4 is 11.7 Å². The van der Waals surface area contributed by atoms with E-state index in [1.165, 1.54) is 12.4 Å². The predicted molar refractivity (Wildman–Crippen MR) is 77.7 cm³/mol. The first-order valence-electron chi connectivity index (χ1n) is 7.87. The minimum absolute atomic E-state index is 0.0275. The van der Waals surface area contributed by atoms with Gasteiger partial charge in [-0.05, 0) is 32.1 Å². The highest BCUT2D eigenvalue weighted by molar-refractivity contribution is 5.93. The maximum Gasteiger partial charge on any atom is 0.274 e. The van der Waals surface area contributed by atoms with Crippen LogP contribution in [0.1, 0.15) is 55.4 Å². The summed E-state index contributed by atoms with van der Waals surface area (Å²) in [5.74, 6) is 0.288. The largest absolute Gasteiger partial charge is 0.334 e. The first-order valence-corrected chi connectivity index (χ1v) is 7.87. The van der Waals surface area contributed by atoms with Gasteiger partial charge in [0.25, 0.3) is 5.91 Å². The summed E-state index contributed by atoms with van der Waals surface area (Å²) in [6.07, 6.45) is 11.3. The van der Waals surface area contributed by atoms with Crippen molar-refractivity contribution in [3.63, 3.8) is 0 Å². The van der Waals surface area contributed by atoms with Crippen molar-refractivity contribution < 1.29 is 9.59 Å². The maximum atomic E-state index is 12.7. The van der Waals surface area contributed by atoms with Gasteiger partial charge in [-0.3, -0.25) is 14.6 Å². The number of nitrogens with zero attached hydrogens (tertiary/aromatic N) is 3. The Bertz CT molecular complexity index is 518. The van der Waals surface area contributed by atoms with Crippen LogP contribution in [-0.4, -0.2) is 39.1 Å². The number of ketones is 1. The molecule has 5 nitrogen and oxygen atoms in total. The summed E-state index contributed by atoms with van der Waals surface area (Å²) in [6.45, 7) is 0.726. The van der Waals surface area contributed by atoms with E-state index in [-0.39, 0.29) is 17.9 Å². The standard InChI is InChI=1S/C16H21N3O2/c20-15-7-2-1-5-12(15)14-6-3-4-10-19(14)16(21)13-11-17-8-9-18-13/h8-9,11-12,14H,1-7,10H2. The lowest BCUT2D eigenvalue weighted by Crippen LogP contribution is -2.50. The van der Waals surface area contributed by atoms with Crippen molar-refractivity contribution in [2.45, 2.75) is 51.0 Å². The molecule has 0 aromatic carbocycles. The summed E-state index contributed by atoms with van der Waals surface area (Å²) in [5.41, 5.74) is 0.382. The van der Waals surface area contributed by atoms with Gasteiger partial charge in [0.2, 0.25) is 0 Å². The number of rotatable bonds is 2. The number of carbonyl (C=O) groups is 2. The van der Waals surface area contributed by atoms with Crippen LogP contribution >= 0.6 is 0 Å². The third-order valence-electron chi connectivity index (χ3n) is 4.66. The Morgan fingerprint density at radius 2 is 2.00 bits per heavy atom. The number of aromatic nitrogens is 2. The van der Waals surface area contributed by atoms with Crippen LogP contribution in [0.25, 0.3) is 0 Å². The van der Waals surface area contributed by atoms with E-state index < -0.39 is 0 Å². The second-order valence-corrected chi connectivity index (χ2v) is 5.97. The molecule has 1 aromatic rings. The van der Waals surface area contributed by atoms with Gasteiger partial charge in [-0.25, -0.2) is 4.98 Å². The van der Waals surface area contributed by atoms with E-state index in [0.29, 0.717) is 17.9 Å². The smallest absolute Gasteiger partial charge is 0.274 e. The monoisotopic (exact) mass is 287 g/mol. The molecule has 2 unspecified atom stereocenters. The van der Waals surface area contributed by atoms with E-state index in [0.717, 1.165) is 45.1 Å². The maximum absolute atomic E-state index is 12.7. The molecule has 1 amide bonds. The Morgan fingerprint density at radius 3 is 2.76 bits per heavy atom. The fourth-order valence-electron chi connectivity index (χ4n) is 3.60. The number of amides is 1. The second-order valence-electron chi connectivity index (χ2n) is 5.97. The van der Waals surface area contributed by atoms with Crippen LogP contribution in [0.5, 0.6) is 0 Å². The van der Waals surface area contributed by atoms with Gasteiger partial charge in [0, 0.05) is 37.3 Å². The van der Waals surface area contributed by atoms with Gasteiger partial charge in [0.1, 0.15) is 11.5 Å². The van der Waals surface area contributed by atoms with Crippen LogP contribution in [0.4, 0.5) is 0 Å². The molecule has 1 saturated carbocycles. The Balaban J connectivity index is 1.81. The second kappa shape index (κ2) is 6.33. The highest BCUT2D eigenvalue weighted by Gasteiger charge is 2.38. The molecular weight excluding hydrogens is 266 g/mol. The molecule has 1 aliphatic heterocycles. The van der Waals surface area contributed by atoms with Crippen LogP contribution < -0.4 is 0 Å². The highest BCUT2D eigenvalue weighted by Crippen LogP contribution is 2.32. The quantitative estimate of drug-likeness (QED) is 0.836. The zero-order chi connectivity index (χ0) is 14.7. The van der Waals surface area contributed by atoms with E-state index in [1.807, 2.05) is 4.90 Å². The lowest BCUT2D eigenvalue weighted by molar-refractivity contribution is -0.127. The molecule has 5 heteroatoms. The summed E-state index contributed by atoms with van der Waals surface area (Å²) in [6, 6.07) is 0.0565. The summed E-state index contributed by atoms with van der Waals surface area (Å²) in [5, 5.41) is 0. The van der Waals surface area contributed by atoms with Crippen molar-refractivity contribution in [3.8, 4) is 0 Å². The Hall–Kier alpha value is -1.78. The van der Waals surface area contributed by atoms with E-state index in [2.05, 4.69) is 9.97 Å². The van der Waals surface area contributed by atoms with Crippen molar-refractivity contribution in [2.24, 2.45) is 5.92 Å². The first kappa shape index (κ1) is 14.2. The van der Waals surface area contributed by atoms with Crippen molar-refractivity contribution in [3.05, 3.63) is 24.3 Å². The van der Waals surface area contributed by atoms with E-state index >= 15 is 0 Å². The fraction of sp³-hybridized carbons (Fsp3) is 0.625. The van der Waals surface area contributed by atoms with E-state index in [4.69, 9.17) is 0 Å². The molecule has 2 fully saturated rings. The zero-order valence-corrected chi connectivity index (χ0v) is 12.2. The molecule has 1 aliphatic carbocycles. The molecule has 2 aliphatic rings. The van der Waals surface area contributed by atoms with Crippen molar-refractivity contribution in [2.75, 3.05) is 6.54 Å². The first-order chi connectivity index (χ1) is 10.3. The summed E-state index contributed by atoms with van der Waals surface area (Å²) < 4.78 is 0. The summed E-state index contributed by atoms with van der Waals surface area (Å²) >= 11 is 0. The highest BCUT2D eigenvalue weighted by atomic mass is 16.2. The van der Waals surface area contributed by atoms with Crippen LogP contribution in [0.3, 0.4) is 0 Å². The Morgan fingerprint density at radius 1 is 1.14 bits per heavy atom. The number of hydrogen-bond donors (Lipinski definition) is 0. The molecule has 0 N–H and O–H groups in total. The number of piperidine rings is 1. The van der Waals surface area contributed by atoms with Crippen molar-refractivity contribution in [1.29, 1.82) is 0 Å². The fourth-order valence-corrected chi connectivity index (χ4v) is 3.60. The molecule has 112 valence electrons. The van der Waals surface area contributed by atoms with Crippen LogP contribution in [-0.2, 0) is 4.79 Å². The molecule has 2 atom stereocenters. The predicted octanol–water partition coefficient (Wildman–Crippen LogP) is 2.23. The SMILES string of the molecule is O=C1CCCCC1C1CCCCN1C(=O)c1cnccn1. The molecule has 0 radical (unpaired) electrons. The number of hydrogen-bond acceptors (Lipinski definition) is 4. The molecule has 1 aromatic heterocycles. The zero-order valence-electron chi connectivity index (χ0n) is 12.2. The molecule has 0 spiro atoms. The van der Waals surface area contributed by atoms with Gasteiger partial charge in [0.15, 0.2) is 0 Å². The lowest BCUT2D eigenvalue weighted by atomic mass is 9.79. The topological polar surface area (TPSA) is 63.2 Å². The number of likely N-dealkylation sites (tertiary alicyclic amines) is 1. The molecule has 3 rings (SSSR count). The van der Waals surface area contributed by atoms with Crippen LogP contribution in [0.15, 0.2) is 18.6 Å². The lowest BCUT2D eigenvalue weighted by Gasteiger charge is -2.40. The average molecular weight is 287 g/mol. The molecule has 2 heterocycles. The normalized spacial score (nSPS) is 26.7. The third kappa shape index (κ3) is 2.96. The third-order valence-corrected chi connectivity index (χ3v) is 4.66. The summed E-state index contributed by atoms with van der Waals surface area (Å²) in [4.78, 5) is 34.9. The summed E-state index contributed by atoms with van der Waals surface area (Å²) in [7, 11) is 0. The molecule has 21 heavy (non-hydrogen) atoms. The van der Waals surface area contributed by atoms with Gasteiger partial charge in [-0.2, -0.15) is 0 Å².